The lowest BCUT2D eigenvalue weighted by Crippen LogP contribution is -2.35. The molecule has 2 heterocycles. The zero-order chi connectivity index (χ0) is 19.7. The van der Waals surface area contributed by atoms with Crippen LogP contribution in [-0.4, -0.2) is 24.9 Å². The van der Waals surface area contributed by atoms with E-state index in [9.17, 15) is 9.59 Å². The fraction of sp³-hybridized carbons (Fsp3) is 0.333. The van der Waals surface area contributed by atoms with E-state index in [-0.39, 0.29) is 23.8 Å². The minimum Gasteiger partial charge on any atom is -0.384 e. The highest BCUT2D eigenvalue weighted by Crippen LogP contribution is 2.40. The van der Waals surface area contributed by atoms with E-state index in [4.69, 9.17) is 11.6 Å². The molecular formula is C21H23ClN4O2. The second kappa shape index (κ2) is 7.81. The molecule has 6 nitrogen and oxygen atoms in total. The van der Waals surface area contributed by atoms with Gasteiger partial charge in [0, 0.05) is 29.4 Å². The average molecular weight is 399 g/mol. The van der Waals surface area contributed by atoms with Crippen LogP contribution in [0.15, 0.2) is 42.5 Å². The van der Waals surface area contributed by atoms with Crippen LogP contribution in [-0.2, 0) is 4.79 Å². The number of amides is 2. The Balaban J connectivity index is 1.59. The van der Waals surface area contributed by atoms with Crippen molar-refractivity contribution in [1.82, 2.24) is 10.7 Å². The van der Waals surface area contributed by atoms with Crippen molar-refractivity contribution in [2.75, 3.05) is 23.4 Å². The van der Waals surface area contributed by atoms with Crippen molar-refractivity contribution in [3.63, 3.8) is 0 Å². The number of rotatable bonds is 5. The van der Waals surface area contributed by atoms with Crippen LogP contribution in [0.5, 0.6) is 0 Å². The van der Waals surface area contributed by atoms with Gasteiger partial charge in [-0.25, -0.2) is 10.4 Å². The van der Waals surface area contributed by atoms with Crippen LogP contribution >= 0.6 is 11.6 Å². The molecule has 2 aromatic rings. The zero-order valence-corrected chi connectivity index (χ0v) is 16.4. The van der Waals surface area contributed by atoms with Gasteiger partial charge in [-0.15, -0.1) is 0 Å². The lowest BCUT2D eigenvalue weighted by Gasteiger charge is -2.27. The Kier molecular flexibility index (Phi) is 5.24. The minimum atomic E-state index is -0.235. The van der Waals surface area contributed by atoms with Crippen molar-refractivity contribution >= 4 is 34.8 Å². The molecule has 4 rings (SSSR count). The molecule has 1 fully saturated rings. The molecule has 2 aliphatic heterocycles. The molecule has 2 unspecified atom stereocenters. The monoisotopic (exact) mass is 398 g/mol. The Morgan fingerprint density at radius 1 is 1.25 bits per heavy atom. The Bertz CT molecular complexity index is 900. The van der Waals surface area contributed by atoms with Gasteiger partial charge in [-0.2, -0.15) is 0 Å². The topological polar surface area (TPSA) is 73.5 Å². The highest BCUT2D eigenvalue weighted by molar-refractivity contribution is 6.30. The van der Waals surface area contributed by atoms with E-state index in [1.165, 1.54) is 0 Å². The highest BCUT2D eigenvalue weighted by atomic mass is 35.5. The third-order valence-corrected chi connectivity index (χ3v) is 5.52. The number of hydrazine groups is 1. The molecule has 2 atom stereocenters. The quantitative estimate of drug-likeness (QED) is 0.674. The summed E-state index contributed by atoms with van der Waals surface area (Å²) < 4.78 is 0. The van der Waals surface area contributed by atoms with E-state index >= 15 is 0 Å². The SMILES string of the molecule is CCCCNC(=O)c1ccc2c(c1)C1NN(c3ccc(Cl)cc3)C(=O)C1CN2. The molecule has 2 aromatic carbocycles. The summed E-state index contributed by atoms with van der Waals surface area (Å²) >= 11 is 5.96. The van der Waals surface area contributed by atoms with Crippen molar-refractivity contribution in [2.45, 2.75) is 25.8 Å². The van der Waals surface area contributed by atoms with Gasteiger partial charge in [-0.05, 0) is 54.4 Å². The number of halogens is 1. The van der Waals surface area contributed by atoms with Gasteiger partial charge in [0.15, 0.2) is 0 Å². The average Bonchev–Trinajstić information content (AvgIpc) is 3.05. The number of nitrogens with one attached hydrogen (secondary N) is 3. The molecule has 28 heavy (non-hydrogen) atoms. The van der Waals surface area contributed by atoms with Gasteiger partial charge >= 0.3 is 0 Å². The molecule has 2 amide bonds. The van der Waals surface area contributed by atoms with Crippen molar-refractivity contribution in [3.8, 4) is 0 Å². The molecule has 0 aromatic heterocycles. The third-order valence-electron chi connectivity index (χ3n) is 5.27. The van der Waals surface area contributed by atoms with Crippen molar-refractivity contribution in [2.24, 2.45) is 5.92 Å². The van der Waals surface area contributed by atoms with E-state index in [2.05, 4.69) is 23.0 Å². The van der Waals surface area contributed by atoms with Gasteiger partial charge in [0.1, 0.15) is 0 Å². The Morgan fingerprint density at radius 3 is 2.79 bits per heavy atom. The Labute approximate surface area is 169 Å². The number of carbonyl (C=O) groups excluding carboxylic acids is 2. The molecule has 0 spiro atoms. The maximum atomic E-state index is 12.9. The number of unbranched alkanes of at least 4 members (excludes halogenated alkanes) is 1. The molecule has 0 radical (unpaired) electrons. The van der Waals surface area contributed by atoms with E-state index in [0.717, 1.165) is 29.8 Å². The maximum Gasteiger partial charge on any atom is 0.251 e. The fourth-order valence-corrected chi connectivity index (χ4v) is 3.83. The molecule has 3 N–H and O–H groups in total. The van der Waals surface area contributed by atoms with Crippen LogP contribution in [0, 0.1) is 5.92 Å². The normalized spacial score (nSPS) is 20.4. The summed E-state index contributed by atoms with van der Waals surface area (Å²) in [5.74, 6) is -0.317. The zero-order valence-electron chi connectivity index (χ0n) is 15.7. The lowest BCUT2D eigenvalue weighted by atomic mass is 9.88. The number of benzene rings is 2. The first kappa shape index (κ1) is 18.8. The highest BCUT2D eigenvalue weighted by Gasteiger charge is 2.44. The molecule has 0 saturated carbocycles. The second-order valence-corrected chi connectivity index (χ2v) is 7.59. The van der Waals surface area contributed by atoms with Gasteiger partial charge < -0.3 is 10.6 Å². The van der Waals surface area contributed by atoms with Crippen LogP contribution in [0.4, 0.5) is 11.4 Å². The predicted octanol–water partition coefficient (Wildman–Crippen LogP) is 3.50. The van der Waals surface area contributed by atoms with Crippen LogP contribution < -0.4 is 21.1 Å². The van der Waals surface area contributed by atoms with E-state index in [1.807, 2.05) is 30.3 Å². The largest absolute Gasteiger partial charge is 0.384 e. The molecule has 0 aliphatic carbocycles. The molecule has 146 valence electrons. The van der Waals surface area contributed by atoms with E-state index in [1.54, 1.807) is 17.1 Å². The first-order valence-corrected chi connectivity index (χ1v) is 9.98. The molecule has 0 bridgehead atoms. The van der Waals surface area contributed by atoms with Crippen molar-refractivity contribution in [3.05, 3.63) is 58.6 Å². The molecule has 7 heteroatoms. The van der Waals surface area contributed by atoms with E-state index < -0.39 is 0 Å². The summed E-state index contributed by atoms with van der Waals surface area (Å²) in [6, 6.07) is 12.6. The first-order chi connectivity index (χ1) is 13.6. The summed E-state index contributed by atoms with van der Waals surface area (Å²) in [5, 5.41) is 8.47. The van der Waals surface area contributed by atoms with Crippen LogP contribution in [0.2, 0.25) is 5.02 Å². The number of anilines is 2. The Morgan fingerprint density at radius 2 is 2.04 bits per heavy atom. The number of hydrogen-bond acceptors (Lipinski definition) is 4. The smallest absolute Gasteiger partial charge is 0.251 e. The van der Waals surface area contributed by atoms with Gasteiger partial charge in [-0.3, -0.25) is 9.59 Å². The summed E-state index contributed by atoms with van der Waals surface area (Å²) in [6.07, 6.45) is 1.99. The predicted molar refractivity (Wildman–Crippen MR) is 110 cm³/mol. The van der Waals surface area contributed by atoms with Crippen LogP contribution in [0.1, 0.15) is 41.7 Å². The van der Waals surface area contributed by atoms with Crippen LogP contribution in [0.25, 0.3) is 0 Å². The minimum absolute atomic E-state index is 0.00303. The molecular weight excluding hydrogens is 376 g/mol. The molecule has 1 saturated heterocycles. The number of nitrogens with zero attached hydrogens (tertiary/aromatic N) is 1. The second-order valence-electron chi connectivity index (χ2n) is 7.16. The summed E-state index contributed by atoms with van der Waals surface area (Å²) in [6.45, 7) is 3.31. The van der Waals surface area contributed by atoms with Gasteiger partial charge in [0.2, 0.25) is 5.91 Å². The molecule has 2 aliphatic rings. The summed E-state index contributed by atoms with van der Waals surface area (Å²) in [4.78, 5) is 25.4. The standard InChI is InChI=1S/C21H23ClN4O2/c1-2-3-10-23-20(27)13-4-9-18-16(11-13)19-17(12-24-18)21(28)26(25-19)15-7-5-14(22)6-8-15/h4-9,11,17,19,24-25H,2-3,10,12H2,1H3,(H,23,27). The first-order valence-electron chi connectivity index (χ1n) is 9.60. The number of fused-ring (bicyclic) bond motifs is 3. The van der Waals surface area contributed by atoms with E-state index in [0.29, 0.717) is 23.7 Å². The summed E-state index contributed by atoms with van der Waals surface area (Å²) in [5.41, 5.74) is 6.56. The van der Waals surface area contributed by atoms with Gasteiger partial charge in [0.25, 0.3) is 5.91 Å². The van der Waals surface area contributed by atoms with Gasteiger partial charge in [0.05, 0.1) is 17.6 Å². The van der Waals surface area contributed by atoms with Crippen molar-refractivity contribution < 1.29 is 9.59 Å². The summed E-state index contributed by atoms with van der Waals surface area (Å²) in [7, 11) is 0. The Hall–Kier alpha value is -2.57. The third kappa shape index (κ3) is 3.45. The van der Waals surface area contributed by atoms with Crippen LogP contribution in [0.3, 0.4) is 0 Å². The number of hydrogen-bond donors (Lipinski definition) is 3. The van der Waals surface area contributed by atoms with Gasteiger partial charge in [-0.1, -0.05) is 24.9 Å². The fourth-order valence-electron chi connectivity index (χ4n) is 3.71. The number of carbonyl (C=O) groups is 2. The van der Waals surface area contributed by atoms with Crippen molar-refractivity contribution in [1.29, 1.82) is 0 Å². The lowest BCUT2D eigenvalue weighted by molar-refractivity contribution is -0.120. The maximum absolute atomic E-state index is 12.9.